The molecule has 4 aromatic rings. The molecule has 1 amide bonds. The molecule has 0 radical (unpaired) electrons. The number of imidazole rings is 1. The lowest BCUT2D eigenvalue weighted by molar-refractivity contribution is 0.0951. The summed E-state index contributed by atoms with van der Waals surface area (Å²) in [5.41, 5.74) is 5.10. The number of rotatable bonds is 12. The molecular weight excluding hydrogens is 462 g/mol. The normalized spacial score (nSPS) is 11.2. The first-order valence-corrected chi connectivity index (χ1v) is 13.1. The molecule has 0 atom stereocenters. The first-order valence-electron chi connectivity index (χ1n) is 13.1. The van der Waals surface area contributed by atoms with Gasteiger partial charge in [0.05, 0.1) is 30.3 Å². The van der Waals surface area contributed by atoms with Gasteiger partial charge in [0.2, 0.25) is 0 Å². The summed E-state index contributed by atoms with van der Waals surface area (Å²) in [6.45, 7) is 8.52. The van der Waals surface area contributed by atoms with Crippen LogP contribution in [0, 0.1) is 6.92 Å². The van der Waals surface area contributed by atoms with Gasteiger partial charge in [0, 0.05) is 19.5 Å². The molecule has 1 aromatic heterocycles. The molecule has 4 rings (SSSR count). The molecule has 0 unspecified atom stereocenters. The van der Waals surface area contributed by atoms with Crippen LogP contribution in [0.5, 0.6) is 11.5 Å². The average Bonchev–Trinajstić information content (AvgIpc) is 3.25. The van der Waals surface area contributed by atoms with Crippen LogP contribution in [0.2, 0.25) is 0 Å². The van der Waals surface area contributed by atoms with Crippen molar-refractivity contribution in [2.75, 3.05) is 20.3 Å². The topological polar surface area (TPSA) is 65.4 Å². The number of fused-ring (bicyclic) bond motifs is 1. The smallest absolute Gasteiger partial charge is 0.255 e. The Morgan fingerprint density at radius 3 is 2.59 bits per heavy atom. The molecule has 194 valence electrons. The number of para-hydroxylation sites is 3. The second-order valence-electron chi connectivity index (χ2n) is 9.63. The fraction of sp³-hybridized carbons (Fsp3) is 0.355. The van der Waals surface area contributed by atoms with Crippen molar-refractivity contribution in [1.29, 1.82) is 0 Å². The predicted molar refractivity (Wildman–Crippen MR) is 149 cm³/mol. The van der Waals surface area contributed by atoms with Gasteiger partial charge in [-0.15, -0.1) is 0 Å². The van der Waals surface area contributed by atoms with Gasteiger partial charge in [-0.25, -0.2) is 4.98 Å². The van der Waals surface area contributed by atoms with Crippen molar-refractivity contribution < 1.29 is 14.3 Å². The van der Waals surface area contributed by atoms with Crippen LogP contribution in [0.4, 0.5) is 0 Å². The van der Waals surface area contributed by atoms with Gasteiger partial charge in [0.15, 0.2) is 0 Å². The minimum Gasteiger partial charge on any atom is -0.496 e. The van der Waals surface area contributed by atoms with E-state index in [2.05, 4.69) is 54.9 Å². The molecule has 6 nitrogen and oxygen atoms in total. The Balaban J connectivity index is 1.35. The molecule has 0 aliphatic heterocycles. The van der Waals surface area contributed by atoms with Gasteiger partial charge < -0.3 is 19.4 Å². The largest absolute Gasteiger partial charge is 0.496 e. The fourth-order valence-electron chi connectivity index (χ4n) is 4.58. The Morgan fingerprint density at radius 2 is 1.78 bits per heavy atom. The number of carbonyl (C=O) groups is 1. The summed E-state index contributed by atoms with van der Waals surface area (Å²) in [5.74, 6) is 2.83. The quantitative estimate of drug-likeness (QED) is 0.232. The zero-order valence-electron chi connectivity index (χ0n) is 22.3. The Kier molecular flexibility index (Phi) is 8.83. The van der Waals surface area contributed by atoms with E-state index in [0.717, 1.165) is 42.0 Å². The third-order valence-corrected chi connectivity index (χ3v) is 6.54. The number of unbranched alkanes of at least 4 members (excludes halogenated alkanes) is 1. The Morgan fingerprint density at radius 1 is 1.00 bits per heavy atom. The number of aromatic nitrogens is 2. The first kappa shape index (κ1) is 26.3. The van der Waals surface area contributed by atoms with Gasteiger partial charge in [-0.05, 0) is 67.1 Å². The minimum atomic E-state index is -0.144. The van der Waals surface area contributed by atoms with Crippen molar-refractivity contribution in [3.63, 3.8) is 0 Å². The molecule has 6 heteroatoms. The third kappa shape index (κ3) is 6.50. The summed E-state index contributed by atoms with van der Waals surface area (Å²) in [6, 6.07) is 21.9. The highest BCUT2D eigenvalue weighted by molar-refractivity contribution is 5.96. The zero-order chi connectivity index (χ0) is 26.2. The van der Waals surface area contributed by atoms with Crippen molar-refractivity contribution in [2.24, 2.45) is 0 Å². The summed E-state index contributed by atoms with van der Waals surface area (Å²) in [6.07, 6.45) is 2.57. The van der Waals surface area contributed by atoms with Gasteiger partial charge >= 0.3 is 0 Å². The highest BCUT2D eigenvalue weighted by Crippen LogP contribution is 2.28. The molecule has 37 heavy (non-hydrogen) atoms. The monoisotopic (exact) mass is 499 g/mol. The van der Waals surface area contributed by atoms with Crippen LogP contribution < -0.4 is 14.8 Å². The average molecular weight is 500 g/mol. The van der Waals surface area contributed by atoms with Gasteiger partial charge in [0.25, 0.3) is 5.91 Å². The van der Waals surface area contributed by atoms with E-state index in [0.29, 0.717) is 36.8 Å². The molecule has 0 saturated carbocycles. The maximum atomic E-state index is 12.7. The van der Waals surface area contributed by atoms with E-state index >= 15 is 0 Å². The van der Waals surface area contributed by atoms with E-state index in [-0.39, 0.29) is 5.91 Å². The number of benzene rings is 3. The van der Waals surface area contributed by atoms with E-state index in [9.17, 15) is 4.79 Å². The third-order valence-electron chi connectivity index (χ3n) is 6.54. The molecule has 1 heterocycles. The summed E-state index contributed by atoms with van der Waals surface area (Å²) in [4.78, 5) is 17.5. The van der Waals surface area contributed by atoms with Crippen LogP contribution in [-0.4, -0.2) is 35.7 Å². The van der Waals surface area contributed by atoms with Crippen LogP contribution in [0.15, 0.2) is 66.7 Å². The van der Waals surface area contributed by atoms with Crippen molar-refractivity contribution in [2.45, 2.75) is 52.5 Å². The summed E-state index contributed by atoms with van der Waals surface area (Å²) >= 11 is 0. The van der Waals surface area contributed by atoms with Crippen LogP contribution in [-0.2, 0) is 13.0 Å². The number of amides is 1. The minimum absolute atomic E-state index is 0.144. The fourth-order valence-corrected chi connectivity index (χ4v) is 4.58. The number of carbonyl (C=O) groups excluding carboxylic acids is 1. The number of hydrogen-bond acceptors (Lipinski definition) is 4. The number of nitrogens with one attached hydrogen (secondary N) is 1. The van der Waals surface area contributed by atoms with Gasteiger partial charge in [-0.2, -0.15) is 0 Å². The number of nitrogens with zero attached hydrogens (tertiary/aromatic N) is 2. The highest BCUT2D eigenvalue weighted by Gasteiger charge is 2.14. The molecule has 0 fully saturated rings. The molecule has 0 spiro atoms. The molecule has 0 saturated heterocycles. The number of methoxy groups -OCH3 is 1. The van der Waals surface area contributed by atoms with Crippen LogP contribution in [0.3, 0.4) is 0 Å². The van der Waals surface area contributed by atoms with Crippen LogP contribution >= 0.6 is 0 Å². The van der Waals surface area contributed by atoms with Crippen molar-refractivity contribution in [3.8, 4) is 11.5 Å². The SMILES string of the molecule is COc1ccccc1C(=O)NCCc1nc2ccccc2n1CCCCOc1cc(C)ccc1C(C)C. The van der Waals surface area contributed by atoms with E-state index in [1.165, 1.54) is 11.1 Å². The molecular formula is C31H37N3O3. The molecule has 0 aliphatic rings. The van der Waals surface area contributed by atoms with Crippen LogP contribution in [0.1, 0.15) is 59.9 Å². The molecule has 0 aliphatic carbocycles. The van der Waals surface area contributed by atoms with E-state index in [4.69, 9.17) is 14.5 Å². The van der Waals surface area contributed by atoms with Crippen molar-refractivity contribution in [3.05, 3.63) is 89.2 Å². The maximum absolute atomic E-state index is 12.7. The lowest BCUT2D eigenvalue weighted by Crippen LogP contribution is -2.27. The standard InChI is InChI=1S/C31H37N3O3/c1-22(2)24-16-15-23(3)21-29(24)37-20-10-9-19-34-27-13-7-6-12-26(27)33-30(34)17-18-32-31(35)25-11-5-8-14-28(25)36-4/h5-8,11-16,21-22H,9-10,17-20H2,1-4H3,(H,32,35). The Bertz CT molecular complexity index is 1340. The highest BCUT2D eigenvalue weighted by atomic mass is 16.5. The van der Waals surface area contributed by atoms with E-state index in [1.54, 1.807) is 19.2 Å². The van der Waals surface area contributed by atoms with Crippen LogP contribution in [0.25, 0.3) is 11.0 Å². The van der Waals surface area contributed by atoms with Crippen molar-refractivity contribution >= 4 is 16.9 Å². The second kappa shape index (κ2) is 12.4. The molecule has 0 bridgehead atoms. The lowest BCUT2D eigenvalue weighted by atomic mass is 10.0. The van der Waals surface area contributed by atoms with Gasteiger partial charge in [-0.1, -0.05) is 50.2 Å². The molecule has 3 aromatic carbocycles. The first-order chi connectivity index (χ1) is 18.0. The van der Waals surface area contributed by atoms with Crippen molar-refractivity contribution in [1.82, 2.24) is 14.9 Å². The number of ether oxygens (including phenoxy) is 2. The van der Waals surface area contributed by atoms with Gasteiger partial charge in [0.1, 0.15) is 17.3 Å². The Labute approximate surface area is 219 Å². The zero-order valence-corrected chi connectivity index (χ0v) is 22.3. The number of hydrogen-bond donors (Lipinski definition) is 1. The molecule has 1 N–H and O–H groups in total. The predicted octanol–water partition coefficient (Wildman–Crippen LogP) is 6.31. The maximum Gasteiger partial charge on any atom is 0.255 e. The van der Waals surface area contributed by atoms with E-state index in [1.807, 2.05) is 30.3 Å². The summed E-state index contributed by atoms with van der Waals surface area (Å²) in [5, 5.41) is 3.01. The summed E-state index contributed by atoms with van der Waals surface area (Å²) < 4.78 is 13.8. The second-order valence-corrected chi connectivity index (χ2v) is 9.63. The summed E-state index contributed by atoms with van der Waals surface area (Å²) in [7, 11) is 1.57. The van der Waals surface area contributed by atoms with E-state index < -0.39 is 0 Å². The number of aryl methyl sites for hydroxylation is 2. The Hall–Kier alpha value is -3.80. The van der Waals surface area contributed by atoms with Gasteiger partial charge in [-0.3, -0.25) is 4.79 Å². The lowest BCUT2D eigenvalue weighted by Gasteiger charge is -2.15.